The quantitative estimate of drug-likeness (QED) is 0.539. The first kappa shape index (κ1) is 21.7. The van der Waals surface area contributed by atoms with Gasteiger partial charge in [0, 0.05) is 37.9 Å². The minimum absolute atomic E-state index is 0.278. The lowest BCUT2D eigenvalue weighted by Crippen LogP contribution is -2.30. The van der Waals surface area contributed by atoms with Gasteiger partial charge >= 0.3 is 0 Å². The summed E-state index contributed by atoms with van der Waals surface area (Å²) in [5.74, 6) is 4.92. The van der Waals surface area contributed by atoms with Crippen molar-refractivity contribution in [3.05, 3.63) is 29.1 Å². The summed E-state index contributed by atoms with van der Waals surface area (Å²) >= 11 is 0. The van der Waals surface area contributed by atoms with E-state index in [0.717, 1.165) is 54.3 Å². The highest BCUT2D eigenvalue weighted by Crippen LogP contribution is 2.38. The number of nitrogens with zero attached hydrogens (tertiary/aromatic N) is 6. The molecule has 0 radical (unpaired) electrons. The molecule has 9 nitrogen and oxygen atoms in total. The Morgan fingerprint density at radius 3 is 2.60 bits per heavy atom. The van der Waals surface area contributed by atoms with Crippen LogP contribution < -0.4 is 14.8 Å². The van der Waals surface area contributed by atoms with E-state index in [2.05, 4.69) is 43.9 Å². The van der Waals surface area contributed by atoms with Crippen molar-refractivity contribution >= 4 is 0 Å². The Kier molecular flexibility index (Phi) is 7.00. The number of hydrogen-bond donors (Lipinski definition) is 1. The van der Waals surface area contributed by atoms with Gasteiger partial charge in [-0.25, -0.2) is 4.68 Å². The maximum absolute atomic E-state index is 5.68. The Bertz CT molecular complexity index is 926. The van der Waals surface area contributed by atoms with Crippen LogP contribution in [0.25, 0.3) is 0 Å². The molecule has 1 aromatic carbocycles. The van der Waals surface area contributed by atoms with Gasteiger partial charge in [0.25, 0.3) is 0 Å². The highest BCUT2D eigenvalue weighted by Gasteiger charge is 2.39. The minimum atomic E-state index is -0.353. The molecule has 0 amide bonds. The molecule has 1 N–H and O–H groups in total. The lowest BCUT2D eigenvalue weighted by molar-refractivity contribution is 0.385. The second-order valence-corrected chi connectivity index (χ2v) is 7.35. The van der Waals surface area contributed by atoms with Gasteiger partial charge in [0.2, 0.25) is 0 Å². The summed E-state index contributed by atoms with van der Waals surface area (Å²) in [5.41, 5.74) is 1.55. The van der Waals surface area contributed by atoms with Gasteiger partial charge < -0.3 is 14.8 Å². The highest BCUT2D eigenvalue weighted by atomic mass is 16.5. The van der Waals surface area contributed by atoms with Crippen LogP contribution in [0.1, 0.15) is 55.6 Å². The molecule has 2 heterocycles. The zero-order chi connectivity index (χ0) is 21.6. The normalized spacial score (nSPS) is 14.9. The van der Waals surface area contributed by atoms with Crippen molar-refractivity contribution in [2.75, 3.05) is 20.8 Å². The molecule has 0 saturated heterocycles. The van der Waals surface area contributed by atoms with Crippen molar-refractivity contribution in [3.63, 3.8) is 0 Å². The van der Waals surface area contributed by atoms with Crippen LogP contribution >= 0.6 is 0 Å². The SMILES string of the molecule is C#CCCC1(CCNC(c2cc(OC)c(C)cc2OC)c2nnnn2CCC)N=N1. The van der Waals surface area contributed by atoms with E-state index in [1.54, 1.807) is 14.2 Å². The molecule has 1 aliphatic rings. The van der Waals surface area contributed by atoms with Crippen molar-refractivity contribution in [1.29, 1.82) is 0 Å². The zero-order valence-electron chi connectivity index (χ0n) is 18.1. The van der Waals surface area contributed by atoms with Crippen molar-refractivity contribution in [3.8, 4) is 23.8 Å². The minimum Gasteiger partial charge on any atom is -0.496 e. The third-order valence-corrected chi connectivity index (χ3v) is 5.24. The standard InChI is InChI=1S/C21H29N7O2/c1-6-8-9-21(24-25-21)10-11-22-19(20-23-26-27-28(20)12-7-2)16-14-17(29-4)15(3)13-18(16)30-5/h1,13-14,19,22H,7-12H2,2-5H3. The molecule has 3 rings (SSSR count). The third kappa shape index (κ3) is 4.76. The van der Waals surface area contributed by atoms with Crippen molar-refractivity contribution < 1.29 is 9.47 Å². The predicted octanol–water partition coefficient (Wildman–Crippen LogP) is 3.05. The van der Waals surface area contributed by atoms with Crippen LogP contribution in [0.2, 0.25) is 0 Å². The van der Waals surface area contributed by atoms with Crippen LogP contribution in [0.15, 0.2) is 22.4 Å². The molecule has 1 aliphatic heterocycles. The number of hydrogen-bond acceptors (Lipinski definition) is 8. The molecule has 1 aromatic heterocycles. The van der Waals surface area contributed by atoms with Crippen LogP contribution in [0, 0.1) is 19.3 Å². The van der Waals surface area contributed by atoms with Crippen molar-refractivity contribution in [2.24, 2.45) is 10.2 Å². The average molecular weight is 412 g/mol. The number of rotatable bonds is 12. The monoisotopic (exact) mass is 411 g/mol. The van der Waals surface area contributed by atoms with Gasteiger partial charge in [-0.05, 0) is 41.5 Å². The highest BCUT2D eigenvalue weighted by molar-refractivity contribution is 5.48. The number of terminal acetylenes is 1. The molecule has 30 heavy (non-hydrogen) atoms. The van der Waals surface area contributed by atoms with E-state index in [9.17, 15) is 0 Å². The second-order valence-electron chi connectivity index (χ2n) is 7.35. The first-order chi connectivity index (χ1) is 14.6. The van der Waals surface area contributed by atoms with E-state index in [-0.39, 0.29) is 11.7 Å². The third-order valence-electron chi connectivity index (χ3n) is 5.24. The Morgan fingerprint density at radius 2 is 1.97 bits per heavy atom. The van der Waals surface area contributed by atoms with Gasteiger partial charge in [0.15, 0.2) is 11.5 Å². The summed E-state index contributed by atoms with van der Waals surface area (Å²) < 4.78 is 13.1. The Balaban J connectivity index is 1.89. The van der Waals surface area contributed by atoms with Gasteiger partial charge in [-0.2, -0.15) is 10.2 Å². The molecule has 0 aliphatic carbocycles. The van der Waals surface area contributed by atoms with E-state index in [0.29, 0.717) is 13.0 Å². The molecule has 0 spiro atoms. The van der Waals surface area contributed by atoms with Gasteiger partial charge in [-0.1, -0.05) is 6.92 Å². The fraction of sp³-hybridized carbons (Fsp3) is 0.571. The summed E-state index contributed by atoms with van der Waals surface area (Å²) in [7, 11) is 3.32. The first-order valence-electron chi connectivity index (χ1n) is 10.2. The fourth-order valence-electron chi connectivity index (χ4n) is 3.51. The van der Waals surface area contributed by atoms with Gasteiger partial charge in [0.05, 0.1) is 20.3 Å². The second kappa shape index (κ2) is 9.67. The number of benzene rings is 1. The lowest BCUT2D eigenvalue weighted by atomic mass is 10.00. The van der Waals surface area contributed by atoms with E-state index in [1.165, 1.54) is 0 Å². The van der Waals surface area contributed by atoms with Gasteiger partial charge in [0.1, 0.15) is 11.5 Å². The summed E-state index contributed by atoms with van der Waals surface area (Å²) in [4.78, 5) is 0. The summed E-state index contributed by atoms with van der Waals surface area (Å²) in [5, 5.41) is 24.4. The summed E-state index contributed by atoms with van der Waals surface area (Å²) in [6.45, 7) is 5.47. The number of nitrogens with one attached hydrogen (secondary N) is 1. The number of ether oxygens (including phenoxy) is 2. The molecule has 0 saturated carbocycles. The van der Waals surface area contributed by atoms with E-state index in [4.69, 9.17) is 15.9 Å². The van der Waals surface area contributed by atoms with Crippen LogP contribution in [-0.2, 0) is 6.54 Å². The van der Waals surface area contributed by atoms with Gasteiger partial charge in [-0.3, -0.25) is 0 Å². The molecule has 1 unspecified atom stereocenters. The molecule has 0 bridgehead atoms. The van der Waals surface area contributed by atoms with Crippen LogP contribution in [0.4, 0.5) is 0 Å². The van der Waals surface area contributed by atoms with Crippen molar-refractivity contribution in [2.45, 2.75) is 57.8 Å². The Hall–Kier alpha value is -2.99. The number of methoxy groups -OCH3 is 2. The van der Waals surface area contributed by atoms with Crippen molar-refractivity contribution in [1.82, 2.24) is 25.5 Å². The van der Waals surface area contributed by atoms with Gasteiger partial charge in [-0.15, -0.1) is 17.4 Å². The number of tetrazole rings is 1. The first-order valence-corrected chi connectivity index (χ1v) is 10.2. The van der Waals surface area contributed by atoms with E-state index >= 15 is 0 Å². The zero-order valence-corrected chi connectivity index (χ0v) is 18.1. The van der Waals surface area contributed by atoms with Crippen LogP contribution in [0.3, 0.4) is 0 Å². The molecular formula is C21H29N7O2. The molecule has 2 aromatic rings. The summed E-state index contributed by atoms with van der Waals surface area (Å²) in [6, 6.07) is 3.67. The number of aryl methyl sites for hydroxylation is 2. The largest absolute Gasteiger partial charge is 0.496 e. The number of aromatic nitrogens is 4. The smallest absolute Gasteiger partial charge is 0.193 e. The topological polar surface area (TPSA) is 98.8 Å². The molecule has 1 atom stereocenters. The van der Waals surface area contributed by atoms with E-state index < -0.39 is 0 Å². The van der Waals surface area contributed by atoms with Crippen LogP contribution in [-0.4, -0.2) is 46.6 Å². The molecular weight excluding hydrogens is 382 g/mol. The molecule has 0 fully saturated rings. The summed E-state index contributed by atoms with van der Waals surface area (Å²) in [6.07, 6.45) is 8.51. The fourth-order valence-corrected chi connectivity index (χ4v) is 3.51. The Morgan fingerprint density at radius 1 is 1.20 bits per heavy atom. The lowest BCUT2D eigenvalue weighted by Gasteiger charge is -2.23. The molecule has 160 valence electrons. The van der Waals surface area contributed by atoms with E-state index in [1.807, 2.05) is 23.7 Å². The maximum Gasteiger partial charge on any atom is 0.193 e. The Labute approximate surface area is 177 Å². The maximum atomic E-state index is 5.68. The van der Waals surface area contributed by atoms with Crippen LogP contribution in [0.5, 0.6) is 11.5 Å². The average Bonchev–Trinajstić information content (AvgIpc) is 3.38. The molecule has 9 heteroatoms. The predicted molar refractivity (Wildman–Crippen MR) is 113 cm³/mol.